The van der Waals surface area contributed by atoms with Crippen LogP contribution in [-0.4, -0.2) is 13.0 Å². The fourth-order valence-corrected chi connectivity index (χ4v) is 1.84. The molecule has 5 heteroatoms. The fraction of sp³-hybridized carbons (Fsp3) is 0.133. The number of hydrogen-bond acceptors (Lipinski definition) is 3. The van der Waals surface area contributed by atoms with Crippen LogP contribution < -0.4 is 15.8 Å². The summed E-state index contributed by atoms with van der Waals surface area (Å²) in [5, 5.41) is 2.65. The van der Waals surface area contributed by atoms with Gasteiger partial charge in [-0.05, 0) is 42.8 Å². The van der Waals surface area contributed by atoms with Crippen LogP contribution in [0.3, 0.4) is 0 Å². The number of nitrogens with one attached hydrogen (secondary N) is 1. The number of amides is 1. The lowest BCUT2D eigenvalue weighted by Gasteiger charge is -2.10. The van der Waals surface area contributed by atoms with Crippen LogP contribution in [0.4, 0.5) is 15.8 Å². The Hall–Kier alpha value is -2.56. The highest BCUT2D eigenvalue weighted by Crippen LogP contribution is 2.24. The van der Waals surface area contributed by atoms with E-state index in [4.69, 9.17) is 10.5 Å². The van der Waals surface area contributed by atoms with Gasteiger partial charge in [0.25, 0.3) is 5.91 Å². The number of hydrogen-bond donors (Lipinski definition) is 2. The fourth-order valence-electron chi connectivity index (χ4n) is 1.84. The molecule has 0 aliphatic heterocycles. The Balaban J connectivity index is 2.23. The quantitative estimate of drug-likeness (QED) is 0.846. The Morgan fingerprint density at radius 3 is 2.60 bits per heavy atom. The van der Waals surface area contributed by atoms with Crippen molar-refractivity contribution >= 4 is 17.3 Å². The minimum atomic E-state index is -0.446. The highest BCUT2D eigenvalue weighted by atomic mass is 19.1. The van der Waals surface area contributed by atoms with Gasteiger partial charge in [0.15, 0.2) is 0 Å². The van der Waals surface area contributed by atoms with Crippen molar-refractivity contribution in [2.75, 3.05) is 18.2 Å². The Labute approximate surface area is 116 Å². The van der Waals surface area contributed by atoms with Crippen molar-refractivity contribution in [3.63, 3.8) is 0 Å². The van der Waals surface area contributed by atoms with E-state index in [1.165, 1.54) is 19.2 Å². The van der Waals surface area contributed by atoms with Gasteiger partial charge >= 0.3 is 0 Å². The molecule has 0 aliphatic rings. The molecular weight excluding hydrogens is 259 g/mol. The highest BCUT2D eigenvalue weighted by Gasteiger charge is 2.10. The maximum Gasteiger partial charge on any atom is 0.255 e. The number of carbonyl (C=O) groups is 1. The van der Waals surface area contributed by atoms with E-state index in [-0.39, 0.29) is 5.56 Å². The normalized spacial score (nSPS) is 10.2. The summed E-state index contributed by atoms with van der Waals surface area (Å²) in [7, 11) is 1.53. The van der Waals surface area contributed by atoms with Gasteiger partial charge in [-0.3, -0.25) is 4.79 Å². The van der Waals surface area contributed by atoms with Crippen molar-refractivity contribution in [1.29, 1.82) is 0 Å². The molecule has 0 heterocycles. The molecule has 20 heavy (non-hydrogen) atoms. The number of nitrogens with two attached hydrogens (primary N) is 1. The molecule has 0 radical (unpaired) electrons. The molecule has 0 aromatic heterocycles. The van der Waals surface area contributed by atoms with E-state index in [1.807, 2.05) is 0 Å². The third kappa shape index (κ3) is 3.06. The first-order valence-electron chi connectivity index (χ1n) is 6.01. The van der Waals surface area contributed by atoms with Crippen LogP contribution in [-0.2, 0) is 0 Å². The van der Waals surface area contributed by atoms with E-state index < -0.39 is 11.7 Å². The molecule has 0 atom stereocenters. The molecule has 1 amide bonds. The summed E-state index contributed by atoms with van der Waals surface area (Å²) < 4.78 is 18.3. The van der Waals surface area contributed by atoms with E-state index >= 15 is 0 Å². The van der Waals surface area contributed by atoms with E-state index in [2.05, 4.69) is 5.32 Å². The molecule has 2 aromatic rings. The Bertz CT molecular complexity index is 636. The van der Waals surface area contributed by atoms with Crippen molar-refractivity contribution in [1.82, 2.24) is 0 Å². The van der Waals surface area contributed by atoms with E-state index in [1.54, 1.807) is 31.2 Å². The van der Waals surface area contributed by atoms with E-state index in [0.717, 1.165) is 0 Å². The van der Waals surface area contributed by atoms with Crippen LogP contribution in [0.2, 0.25) is 0 Å². The number of halogens is 1. The van der Waals surface area contributed by atoms with Crippen molar-refractivity contribution in [2.45, 2.75) is 6.92 Å². The summed E-state index contributed by atoms with van der Waals surface area (Å²) in [5.74, 6) is -0.260. The predicted octanol–water partition coefficient (Wildman–Crippen LogP) is 2.98. The van der Waals surface area contributed by atoms with Gasteiger partial charge in [0.2, 0.25) is 0 Å². The third-order valence-corrected chi connectivity index (χ3v) is 2.81. The second-order valence-corrected chi connectivity index (χ2v) is 4.42. The molecule has 0 aliphatic carbocycles. The SMILES string of the molecule is COc1ccc(NC(=O)c2cc(C)cc(F)c2)c(N)c1. The standard InChI is InChI=1S/C15H15FN2O2/c1-9-5-10(7-11(16)6-9)15(19)18-14-4-3-12(20-2)8-13(14)17/h3-8H,17H2,1-2H3,(H,18,19). The van der Waals surface area contributed by atoms with Crippen LogP contribution in [0.15, 0.2) is 36.4 Å². The zero-order valence-electron chi connectivity index (χ0n) is 11.2. The first-order chi connectivity index (χ1) is 9.49. The number of nitrogen functional groups attached to an aromatic ring is 1. The Morgan fingerprint density at radius 2 is 2.00 bits per heavy atom. The Morgan fingerprint density at radius 1 is 1.25 bits per heavy atom. The molecular formula is C15H15FN2O2. The number of benzene rings is 2. The maximum atomic E-state index is 13.3. The smallest absolute Gasteiger partial charge is 0.255 e. The van der Waals surface area contributed by atoms with E-state index in [9.17, 15) is 9.18 Å². The van der Waals surface area contributed by atoms with Crippen LogP contribution in [0, 0.1) is 12.7 Å². The van der Waals surface area contributed by atoms with Gasteiger partial charge in [0, 0.05) is 11.6 Å². The summed E-state index contributed by atoms with van der Waals surface area (Å²) in [6, 6.07) is 9.08. The lowest BCUT2D eigenvalue weighted by atomic mass is 10.1. The average molecular weight is 274 g/mol. The van der Waals surface area contributed by atoms with Gasteiger partial charge in [-0.25, -0.2) is 4.39 Å². The molecule has 0 saturated carbocycles. The topological polar surface area (TPSA) is 64.3 Å². The summed E-state index contributed by atoms with van der Waals surface area (Å²) in [6.45, 7) is 1.72. The second-order valence-electron chi connectivity index (χ2n) is 4.42. The lowest BCUT2D eigenvalue weighted by Crippen LogP contribution is -2.13. The molecule has 0 bridgehead atoms. The minimum absolute atomic E-state index is 0.248. The van der Waals surface area contributed by atoms with Gasteiger partial charge in [-0.1, -0.05) is 0 Å². The largest absolute Gasteiger partial charge is 0.497 e. The molecule has 0 saturated heterocycles. The number of ether oxygens (including phenoxy) is 1. The van der Waals surface area contributed by atoms with Crippen molar-refractivity contribution in [3.8, 4) is 5.75 Å². The highest BCUT2D eigenvalue weighted by molar-refractivity contribution is 6.05. The van der Waals surface area contributed by atoms with E-state index in [0.29, 0.717) is 22.7 Å². The van der Waals surface area contributed by atoms with Crippen LogP contribution in [0.1, 0.15) is 15.9 Å². The first-order valence-corrected chi connectivity index (χ1v) is 6.01. The third-order valence-electron chi connectivity index (χ3n) is 2.81. The monoisotopic (exact) mass is 274 g/mol. The lowest BCUT2D eigenvalue weighted by molar-refractivity contribution is 0.102. The van der Waals surface area contributed by atoms with Crippen LogP contribution in [0.25, 0.3) is 0 Å². The van der Waals surface area contributed by atoms with Gasteiger partial charge in [-0.15, -0.1) is 0 Å². The van der Waals surface area contributed by atoms with Gasteiger partial charge in [0.05, 0.1) is 18.5 Å². The van der Waals surface area contributed by atoms with Crippen LogP contribution in [0.5, 0.6) is 5.75 Å². The number of carbonyl (C=O) groups excluding carboxylic acids is 1. The average Bonchev–Trinajstić information content (AvgIpc) is 2.39. The van der Waals surface area contributed by atoms with Gasteiger partial charge in [0.1, 0.15) is 11.6 Å². The minimum Gasteiger partial charge on any atom is -0.497 e. The maximum absolute atomic E-state index is 13.3. The zero-order chi connectivity index (χ0) is 14.7. The first kappa shape index (κ1) is 13.9. The van der Waals surface area contributed by atoms with Crippen molar-refractivity contribution in [2.24, 2.45) is 0 Å². The molecule has 2 aromatic carbocycles. The summed E-state index contributed by atoms with van der Waals surface area (Å²) >= 11 is 0. The zero-order valence-corrected chi connectivity index (χ0v) is 11.2. The summed E-state index contributed by atoms with van der Waals surface area (Å²) in [6.07, 6.45) is 0. The Kier molecular flexibility index (Phi) is 3.89. The molecule has 0 fully saturated rings. The van der Waals surface area contributed by atoms with Crippen molar-refractivity contribution < 1.29 is 13.9 Å². The molecule has 0 unspecified atom stereocenters. The summed E-state index contributed by atoms with van der Waals surface area (Å²) in [4.78, 5) is 12.1. The van der Waals surface area contributed by atoms with Gasteiger partial charge < -0.3 is 15.8 Å². The number of methoxy groups -OCH3 is 1. The predicted molar refractivity (Wildman–Crippen MR) is 76.5 cm³/mol. The second kappa shape index (κ2) is 5.61. The molecule has 2 rings (SSSR count). The molecule has 4 nitrogen and oxygen atoms in total. The number of rotatable bonds is 3. The number of aryl methyl sites for hydroxylation is 1. The molecule has 0 spiro atoms. The molecule has 3 N–H and O–H groups in total. The summed E-state index contributed by atoms with van der Waals surface area (Å²) in [5.41, 5.74) is 7.58. The van der Waals surface area contributed by atoms with Crippen molar-refractivity contribution in [3.05, 3.63) is 53.3 Å². The molecule has 104 valence electrons. The van der Waals surface area contributed by atoms with Gasteiger partial charge in [-0.2, -0.15) is 0 Å². The number of anilines is 2. The van der Waals surface area contributed by atoms with Crippen LogP contribution >= 0.6 is 0 Å².